The molecule has 0 unspecified atom stereocenters. The van der Waals surface area contributed by atoms with E-state index in [0.717, 1.165) is 9.13 Å². The molecule has 0 bridgehead atoms. The number of aromatic nitrogens is 1. The van der Waals surface area contributed by atoms with E-state index in [4.69, 9.17) is 55.9 Å². The Balaban J connectivity index is 1.65. The smallest absolute Gasteiger partial charge is 0.338 e. The molecule has 0 fully saturated rings. The molecule has 0 spiro atoms. The lowest BCUT2D eigenvalue weighted by Crippen LogP contribution is -2.40. The van der Waals surface area contributed by atoms with Gasteiger partial charge >= 0.3 is 5.97 Å². The Labute approximate surface area is 278 Å². The predicted molar refractivity (Wildman–Crippen MR) is 177 cm³/mol. The van der Waals surface area contributed by atoms with Crippen LogP contribution in [-0.2, 0) is 16.1 Å². The second-order valence-electron chi connectivity index (χ2n) is 9.17. The van der Waals surface area contributed by atoms with Crippen LogP contribution < -0.4 is 19.6 Å². The van der Waals surface area contributed by atoms with Crippen molar-refractivity contribution < 1.29 is 14.3 Å². The van der Waals surface area contributed by atoms with Gasteiger partial charge < -0.3 is 9.47 Å². The Bertz CT molecular complexity index is 1940. The molecule has 2 heterocycles. The highest BCUT2D eigenvalue weighted by Gasteiger charge is 2.34. The van der Waals surface area contributed by atoms with Crippen molar-refractivity contribution in [1.29, 1.82) is 0 Å². The maximum atomic E-state index is 14.0. The molecule has 216 valence electrons. The predicted octanol–water partition coefficient (Wildman–Crippen LogP) is 7.60. The van der Waals surface area contributed by atoms with Gasteiger partial charge in [0.05, 0.1) is 36.0 Å². The zero-order valence-corrected chi connectivity index (χ0v) is 28.1. The van der Waals surface area contributed by atoms with E-state index in [2.05, 4.69) is 27.6 Å². The number of carbonyl (C=O) groups excluding carboxylic acids is 1. The van der Waals surface area contributed by atoms with E-state index in [1.165, 1.54) is 15.9 Å². The molecule has 1 aromatic heterocycles. The van der Waals surface area contributed by atoms with Gasteiger partial charge in [0, 0.05) is 15.6 Å². The molecule has 1 aliphatic rings. The molecular weight excluding hydrogens is 753 g/mol. The van der Waals surface area contributed by atoms with Crippen molar-refractivity contribution in [2.75, 3.05) is 6.61 Å². The number of esters is 1. The van der Waals surface area contributed by atoms with Crippen LogP contribution in [-0.4, -0.2) is 17.1 Å². The topological polar surface area (TPSA) is 69.9 Å². The number of fused-ring (bicyclic) bond motifs is 1. The van der Waals surface area contributed by atoms with Crippen LogP contribution in [0.25, 0.3) is 6.08 Å². The average molecular weight is 774 g/mol. The monoisotopic (exact) mass is 772 g/mol. The summed E-state index contributed by atoms with van der Waals surface area (Å²) in [6.07, 6.45) is 1.72. The molecule has 3 aromatic carbocycles. The van der Waals surface area contributed by atoms with Gasteiger partial charge in [-0.2, -0.15) is 0 Å². The largest absolute Gasteiger partial charge is 0.487 e. The van der Waals surface area contributed by atoms with E-state index in [1.54, 1.807) is 68.5 Å². The number of ether oxygens (including phenoxy) is 2. The number of allylic oxidation sites excluding steroid dienone is 1. The van der Waals surface area contributed by atoms with Crippen LogP contribution in [0.2, 0.25) is 20.1 Å². The molecule has 6 nitrogen and oxygen atoms in total. The maximum absolute atomic E-state index is 14.0. The summed E-state index contributed by atoms with van der Waals surface area (Å²) in [6, 6.07) is 15.1. The molecule has 42 heavy (non-hydrogen) atoms. The number of thiazole rings is 1. The molecule has 0 N–H and O–H groups in total. The number of rotatable bonds is 7. The van der Waals surface area contributed by atoms with Gasteiger partial charge in [-0.1, -0.05) is 82.0 Å². The third-order valence-corrected chi connectivity index (χ3v) is 9.49. The summed E-state index contributed by atoms with van der Waals surface area (Å²) in [4.78, 5) is 32.2. The molecule has 1 aliphatic heterocycles. The molecular formula is C30H21Cl4IN2O4S. The van der Waals surface area contributed by atoms with Crippen LogP contribution in [0.1, 0.15) is 36.6 Å². The summed E-state index contributed by atoms with van der Waals surface area (Å²) >= 11 is 28.6. The molecule has 0 saturated heterocycles. The fourth-order valence-corrected chi connectivity index (χ4v) is 7.36. The lowest BCUT2D eigenvalue weighted by atomic mass is 9.96. The summed E-state index contributed by atoms with van der Waals surface area (Å²) in [7, 11) is 0. The maximum Gasteiger partial charge on any atom is 0.338 e. The molecule has 12 heteroatoms. The summed E-state index contributed by atoms with van der Waals surface area (Å²) in [5.74, 6) is -0.0108. The van der Waals surface area contributed by atoms with Crippen molar-refractivity contribution in [3.05, 3.63) is 126 Å². The quantitative estimate of drug-likeness (QED) is 0.143. The van der Waals surface area contributed by atoms with Crippen LogP contribution >= 0.6 is 80.3 Å². The molecule has 0 radical (unpaired) electrons. The standard InChI is InChI=1S/C30H21Cl4IN2O4S/c1-3-40-29(39)25-15(2)36-30-37(26(25)19-6-4-5-7-20(19)32)28(38)24(42-30)12-17-11-18(31)13-23(35)27(17)41-14-16-8-9-21(33)22(34)10-16/h4-13,26H,3,14H2,1-2H3/b24-12-/t26-/m0/s1. The van der Waals surface area contributed by atoms with Gasteiger partial charge in [0.15, 0.2) is 4.80 Å². The highest BCUT2D eigenvalue weighted by molar-refractivity contribution is 14.1. The van der Waals surface area contributed by atoms with Gasteiger partial charge in [0.1, 0.15) is 18.4 Å². The van der Waals surface area contributed by atoms with Crippen molar-refractivity contribution >= 4 is 92.4 Å². The van der Waals surface area contributed by atoms with Crippen molar-refractivity contribution in [1.82, 2.24) is 4.57 Å². The third kappa shape index (κ3) is 6.30. The SMILES string of the molecule is CCOC(=O)C1=C(C)N=c2s/c(=C\c3cc(Cl)cc(I)c3OCc3ccc(Cl)c(Cl)c3)c(=O)n2[C@H]1c1ccccc1Cl. The minimum Gasteiger partial charge on any atom is -0.487 e. The molecule has 0 aliphatic carbocycles. The fraction of sp³-hybridized carbons (Fsp3) is 0.167. The van der Waals surface area contributed by atoms with Crippen LogP contribution in [0.15, 0.2) is 75.7 Å². The van der Waals surface area contributed by atoms with Crippen LogP contribution in [0.5, 0.6) is 5.75 Å². The van der Waals surface area contributed by atoms with E-state index >= 15 is 0 Å². The van der Waals surface area contributed by atoms with E-state index in [0.29, 0.717) is 52.0 Å². The van der Waals surface area contributed by atoms with Crippen molar-refractivity contribution in [3.63, 3.8) is 0 Å². The molecule has 1 atom stereocenters. The van der Waals surface area contributed by atoms with Gasteiger partial charge in [-0.05, 0) is 84.0 Å². The van der Waals surface area contributed by atoms with E-state index in [-0.39, 0.29) is 24.3 Å². The molecule has 0 saturated carbocycles. The number of hydrogen-bond donors (Lipinski definition) is 0. The molecule has 4 aromatic rings. The first-order valence-electron chi connectivity index (χ1n) is 12.6. The zero-order valence-electron chi connectivity index (χ0n) is 22.1. The normalized spacial score (nSPS) is 14.9. The van der Waals surface area contributed by atoms with Gasteiger partial charge in [-0.15, -0.1) is 0 Å². The van der Waals surface area contributed by atoms with Gasteiger partial charge in [-0.25, -0.2) is 9.79 Å². The van der Waals surface area contributed by atoms with Crippen LogP contribution in [0.4, 0.5) is 0 Å². The Morgan fingerprint density at radius 3 is 2.55 bits per heavy atom. The number of benzene rings is 3. The van der Waals surface area contributed by atoms with Gasteiger partial charge in [0.2, 0.25) is 0 Å². The van der Waals surface area contributed by atoms with Crippen molar-refractivity contribution in [3.8, 4) is 5.75 Å². The zero-order chi connectivity index (χ0) is 30.1. The van der Waals surface area contributed by atoms with Crippen LogP contribution in [0.3, 0.4) is 0 Å². The summed E-state index contributed by atoms with van der Waals surface area (Å²) < 4.78 is 14.2. The summed E-state index contributed by atoms with van der Waals surface area (Å²) in [5, 5.41) is 1.77. The van der Waals surface area contributed by atoms with Crippen LogP contribution in [0, 0.1) is 3.57 Å². The minimum atomic E-state index is -0.818. The Kier molecular flexibility index (Phi) is 9.71. The fourth-order valence-electron chi connectivity index (χ4n) is 4.55. The number of nitrogens with zero attached hydrogens (tertiary/aromatic N) is 2. The van der Waals surface area contributed by atoms with E-state index in [1.807, 2.05) is 6.07 Å². The third-order valence-electron chi connectivity index (χ3n) is 6.41. The van der Waals surface area contributed by atoms with E-state index < -0.39 is 12.0 Å². The number of carbonyl (C=O) groups is 1. The Morgan fingerprint density at radius 1 is 1.07 bits per heavy atom. The second kappa shape index (κ2) is 13.1. The first-order valence-corrected chi connectivity index (χ1v) is 16.0. The Morgan fingerprint density at radius 2 is 1.83 bits per heavy atom. The van der Waals surface area contributed by atoms with Gasteiger partial charge in [-0.3, -0.25) is 9.36 Å². The van der Waals surface area contributed by atoms with Gasteiger partial charge in [0.25, 0.3) is 5.56 Å². The first kappa shape index (κ1) is 31.1. The summed E-state index contributed by atoms with van der Waals surface area (Å²) in [6.45, 7) is 3.83. The van der Waals surface area contributed by atoms with Crippen molar-refractivity contribution in [2.24, 2.45) is 4.99 Å². The molecule has 0 amide bonds. The highest BCUT2D eigenvalue weighted by Crippen LogP contribution is 2.35. The highest BCUT2D eigenvalue weighted by atomic mass is 127. The minimum absolute atomic E-state index is 0.174. The second-order valence-corrected chi connectivity index (χ2v) is 13.0. The van der Waals surface area contributed by atoms with E-state index in [9.17, 15) is 9.59 Å². The molecule has 5 rings (SSSR count). The summed E-state index contributed by atoms with van der Waals surface area (Å²) in [5.41, 5.74) is 2.38. The number of hydrogen-bond acceptors (Lipinski definition) is 6. The van der Waals surface area contributed by atoms with Crippen molar-refractivity contribution in [2.45, 2.75) is 26.5 Å². The number of halogens is 5. The lowest BCUT2D eigenvalue weighted by molar-refractivity contribution is -0.139. The first-order chi connectivity index (χ1) is 20.1. The Hall–Kier alpha value is -2.34. The lowest BCUT2D eigenvalue weighted by Gasteiger charge is -2.25. The average Bonchev–Trinajstić information content (AvgIpc) is 3.23.